The first-order chi connectivity index (χ1) is 11.3. The molecular formula is C24H44O. The summed E-state index contributed by atoms with van der Waals surface area (Å²) in [5, 5.41) is 0. The van der Waals surface area contributed by atoms with Crippen LogP contribution in [0.1, 0.15) is 94.9 Å². The van der Waals surface area contributed by atoms with E-state index in [4.69, 9.17) is 4.74 Å². The minimum absolute atomic E-state index is 0.157. The molecular weight excluding hydrogens is 304 g/mol. The molecule has 25 heavy (non-hydrogen) atoms. The van der Waals surface area contributed by atoms with Crippen LogP contribution in [0.2, 0.25) is 0 Å². The van der Waals surface area contributed by atoms with E-state index in [1.54, 1.807) is 5.57 Å². The van der Waals surface area contributed by atoms with Gasteiger partial charge in [-0.2, -0.15) is 0 Å². The van der Waals surface area contributed by atoms with Crippen LogP contribution in [0.5, 0.6) is 0 Å². The van der Waals surface area contributed by atoms with Crippen molar-refractivity contribution < 1.29 is 4.74 Å². The molecule has 2 fully saturated rings. The van der Waals surface area contributed by atoms with Crippen LogP contribution < -0.4 is 0 Å². The van der Waals surface area contributed by atoms with Gasteiger partial charge in [0.2, 0.25) is 0 Å². The lowest BCUT2D eigenvalue weighted by atomic mass is 9.46. The number of hydrogen-bond acceptors (Lipinski definition) is 1. The molecule has 0 aliphatic heterocycles. The van der Waals surface area contributed by atoms with E-state index in [-0.39, 0.29) is 21.7 Å². The topological polar surface area (TPSA) is 9.23 Å². The second-order valence-corrected chi connectivity index (χ2v) is 11.3. The van der Waals surface area contributed by atoms with Crippen LogP contribution in [-0.2, 0) is 4.74 Å². The molecule has 1 heteroatoms. The van der Waals surface area contributed by atoms with Gasteiger partial charge in [-0.05, 0) is 66.1 Å². The molecule has 0 saturated heterocycles. The van der Waals surface area contributed by atoms with Crippen molar-refractivity contribution in [1.82, 2.24) is 0 Å². The Hall–Kier alpha value is -0.300. The van der Waals surface area contributed by atoms with Crippen LogP contribution >= 0.6 is 0 Å². The van der Waals surface area contributed by atoms with Crippen LogP contribution in [-0.4, -0.2) is 12.7 Å². The second kappa shape index (κ2) is 6.70. The zero-order valence-electron chi connectivity index (χ0n) is 18.8. The number of fused-ring (bicyclic) bond motifs is 2. The molecule has 2 aliphatic rings. The number of ether oxygens (including phenoxy) is 1. The fourth-order valence-electron chi connectivity index (χ4n) is 5.70. The predicted molar refractivity (Wildman–Crippen MR) is 110 cm³/mol. The third-order valence-electron chi connectivity index (χ3n) is 9.14. The summed E-state index contributed by atoms with van der Waals surface area (Å²) >= 11 is 0. The SMILES string of the molecule is C/C=C1/CC2CC1CC2OCC(C)(C)C(C)(CC)C(C)(C)C(C)(C)C. The van der Waals surface area contributed by atoms with Crippen LogP contribution in [0.3, 0.4) is 0 Å². The van der Waals surface area contributed by atoms with Gasteiger partial charge >= 0.3 is 0 Å². The normalized spacial score (nSPS) is 31.6. The fraction of sp³-hybridized carbons (Fsp3) is 0.917. The highest BCUT2D eigenvalue weighted by atomic mass is 16.5. The van der Waals surface area contributed by atoms with E-state index >= 15 is 0 Å². The zero-order valence-corrected chi connectivity index (χ0v) is 18.8. The van der Waals surface area contributed by atoms with E-state index in [1.807, 2.05) is 0 Å². The molecule has 0 spiro atoms. The molecule has 0 aromatic heterocycles. The van der Waals surface area contributed by atoms with E-state index in [9.17, 15) is 0 Å². The van der Waals surface area contributed by atoms with Crippen molar-refractivity contribution in [1.29, 1.82) is 0 Å². The van der Waals surface area contributed by atoms with Gasteiger partial charge in [-0.25, -0.2) is 0 Å². The molecule has 4 unspecified atom stereocenters. The Morgan fingerprint density at radius 2 is 1.60 bits per heavy atom. The predicted octanol–water partition coefficient (Wildman–Crippen LogP) is 7.26. The lowest BCUT2D eigenvalue weighted by molar-refractivity contribution is -0.143. The third kappa shape index (κ3) is 3.35. The average Bonchev–Trinajstić information content (AvgIpc) is 3.10. The van der Waals surface area contributed by atoms with Gasteiger partial charge in [0, 0.05) is 0 Å². The van der Waals surface area contributed by atoms with Gasteiger partial charge in [0.1, 0.15) is 0 Å². The first-order valence-corrected chi connectivity index (χ1v) is 10.6. The Labute approximate surface area is 158 Å². The Kier molecular flexibility index (Phi) is 5.63. The van der Waals surface area contributed by atoms with Crippen molar-refractivity contribution in [2.24, 2.45) is 33.5 Å². The number of rotatable bonds is 6. The lowest BCUT2D eigenvalue weighted by Gasteiger charge is -2.59. The van der Waals surface area contributed by atoms with E-state index in [2.05, 4.69) is 75.3 Å². The Morgan fingerprint density at radius 1 is 1.00 bits per heavy atom. The summed E-state index contributed by atoms with van der Waals surface area (Å²) in [7, 11) is 0. The molecule has 2 aliphatic carbocycles. The van der Waals surface area contributed by atoms with Crippen LogP contribution in [0, 0.1) is 33.5 Å². The monoisotopic (exact) mass is 348 g/mol. The van der Waals surface area contributed by atoms with E-state index < -0.39 is 0 Å². The number of hydrogen-bond donors (Lipinski definition) is 0. The first-order valence-electron chi connectivity index (χ1n) is 10.6. The summed E-state index contributed by atoms with van der Waals surface area (Å²) < 4.78 is 6.62. The van der Waals surface area contributed by atoms with E-state index in [1.165, 1.54) is 25.7 Å². The zero-order chi connectivity index (χ0) is 19.3. The van der Waals surface area contributed by atoms with Gasteiger partial charge in [-0.1, -0.05) is 74.0 Å². The van der Waals surface area contributed by atoms with Crippen LogP contribution in [0.25, 0.3) is 0 Å². The summed E-state index contributed by atoms with van der Waals surface area (Å²) in [6, 6.07) is 0. The molecule has 4 atom stereocenters. The maximum atomic E-state index is 6.62. The molecule has 0 N–H and O–H groups in total. The standard InChI is InChI=1S/C24H44O/c1-11-17-13-19-14-18(17)15-20(19)25-16-22(6,7)24(10,12-2)23(8,9)21(3,4)5/h11,18-20H,12-16H2,1-10H3/b17-11-. The summed E-state index contributed by atoms with van der Waals surface area (Å²) in [5.41, 5.74) is 2.57. The molecule has 0 amide bonds. The quantitative estimate of drug-likeness (QED) is 0.459. The molecule has 0 heterocycles. The van der Waals surface area contributed by atoms with Crippen molar-refractivity contribution >= 4 is 0 Å². The van der Waals surface area contributed by atoms with Crippen molar-refractivity contribution in [2.75, 3.05) is 6.61 Å². The van der Waals surface area contributed by atoms with Crippen molar-refractivity contribution in [2.45, 2.75) is 101 Å². The van der Waals surface area contributed by atoms with Crippen molar-refractivity contribution in [3.8, 4) is 0 Å². The van der Waals surface area contributed by atoms with Gasteiger partial charge < -0.3 is 4.74 Å². The van der Waals surface area contributed by atoms with Gasteiger partial charge in [-0.15, -0.1) is 0 Å². The summed E-state index contributed by atoms with van der Waals surface area (Å²) in [6.07, 6.45) is 7.93. The minimum Gasteiger partial charge on any atom is -0.377 e. The molecule has 1 nitrogen and oxygen atoms in total. The molecule has 2 rings (SSSR count). The van der Waals surface area contributed by atoms with Gasteiger partial charge in [0.05, 0.1) is 12.7 Å². The van der Waals surface area contributed by atoms with Crippen molar-refractivity contribution in [3.05, 3.63) is 11.6 Å². The summed E-state index contributed by atoms with van der Waals surface area (Å²) in [6.45, 7) is 25.0. The van der Waals surface area contributed by atoms with Gasteiger partial charge in [0.25, 0.3) is 0 Å². The number of allylic oxidation sites excluding steroid dienone is 2. The largest absolute Gasteiger partial charge is 0.377 e. The summed E-state index contributed by atoms with van der Waals surface area (Å²) in [4.78, 5) is 0. The van der Waals surface area contributed by atoms with E-state index in [0.717, 1.165) is 18.4 Å². The Bertz CT molecular complexity index is 505. The maximum absolute atomic E-state index is 6.62. The molecule has 2 saturated carbocycles. The molecule has 0 aromatic carbocycles. The molecule has 0 radical (unpaired) electrons. The average molecular weight is 349 g/mol. The third-order valence-corrected chi connectivity index (χ3v) is 9.14. The highest BCUT2D eigenvalue weighted by Crippen LogP contribution is 2.61. The van der Waals surface area contributed by atoms with Crippen LogP contribution in [0.15, 0.2) is 11.6 Å². The highest BCUT2D eigenvalue weighted by molar-refractivity contribution is 5.18. The summed E-state index contributed by atoms with van der Waals surface area (Å²) in [5.74, 6) is 1.59. The fourth-order valence-corrected chi connectivity index (χ4v) is 5.70. The van der Waals surface area contributed by atoms with Gasteiger partial charge in [-0.3, -0.25) is 0 Å². The van der Waals surface area contributed by atoms with Crippen molar-refractivity contribution in [3.63, 3.8) is 0 Å². The smallest absolute Gasteiger partial charge is 0.0612 e. The molecule has 2 bridgehead atoms. The molecule has 146 valence electrons. The second-order valence-electron chi connectivity index (χ2n) is 11.3. The maximum Gasteiger partial charge on any atom is 0.0612 e. The Balaban J connectivity index is 2.10. The Morgan fingerprint density at radius 3 is 2.00 bits per heavy atom. The van der Waals surface area contributed by atoms with Crippen LogP contribution in [0.4, 0.5) is 0 Å². The molecule has 0 aromatic rings. The highest BCUT2D eigenvalue weighted by Gasteiger charge is 2.55. The first kappa shape index (κ1) is 21.0. The van der Waals surface area contributed by atoms with E-state index in [0.29, 0.717) is 6.10 Å². The minimum atomic E-state index is 0.157. The lowest BCUT2D eigenvalue weighted by Crippen LogP contribution is -2.54. The van der Waals surface area contributed by atoms with Gasteiger partial charge in [0.15, 0.2) is 0 Å².